The standard InChI is InChI=1S/C18H18Cl2O3S/c1-9-13(24-16-11(19)6-5-7-12(16)20)8-10(18(2,3)4)15(21)14(9)17(22)23/h5-8,21H,1-4H3,(H,22,23). The summed E-state index contributed by atoms with van der Waals surface area (Å²) in [5.41, 5.74) is 0.542. The van der Waals surface area contributed by atoms with E-state index in [9.17, 15) is 15.0 Å². The van der Waals surface area contributed by atoms with Crippen LogP contribution in [0.1, 0.15) is 42.3 Å². The molecule has 0 spiro atoms. The highest BCUT2D eigenvalue weighted by Crippen LogP contribution is 2.44. The van der Waals surface area contributed by atoms with Crippen LogP contribution in [0, 0.1) is 6.92 Å². The summed E-state index contributed by atoms with van der Waals surface area (Å²) in [6.45, 7) is 7.42. The zero-order valence-electron chi connectivity index (χ0n) is 13.8. The maximum atomic E-state index is 11.6. The summed E-state index contributed by atoms with van der Waals surface area (Å²) in [6, 6.07) is 7.02. The Morgan fingerprint density at radius 1 is 1.17 bits per heavy atom. The van der Waals surface area contributed by atoms with E-state index >= 15 is 0 Å². The molecule has 0 atom stereocenters. The number of benzene rings is 2. The van der Waals surface area contributed by atoms with Crippen LogP contribution < -0.4 is 0 Å². The van der Waals surface area contributed by atoms with Gasteiger partial charge in [-0.15, -0.1) is 0 Å². The maximum absolute atomic E-state index is 11.6. The lowest BCUT2D eigenvalue weighted by Crippen LogP contribution is -2.14. The fourth-order valence-corrected chi connectivity index (χ4v) is 3.98. The van der Waals surface area contributed by atoms with Crippen molar-refractivity contribution in [3.05, 3.63) is 51.0 Å². The molecule has 2 rings (SSSR count). The van der Waals surface area contributed by atoms with Crippen LogP contribution in [0.2, 0.25) is 10.0 Å². The van der Waals surface area contributed by atoms with Crippen LogP contribution in [-0.4, -0.2) is 16.2 Å². The summed E-state index contributed by atoms with van der Waals surface area (Å²) in [4.78, 5) is 13.0. The highest BCUT2D eigenvalue weighted by Gasteiger charge is 2.27. The van der Waals surface area contributed by atoms with Gasteiger partial charge in [0.2, 0.25) is 0 Å². The summed E-state index contributed by atoms with van der Waals surface area (Å²) >= 11 is 13.7. The molecule has 0 aliphatic heterocycles. The van der Waals surface area contributed by atoms with E-state index in [0.29, 0.717) is 31.0 Å². The van der Waals surface area contributed by atoms with E-state index in [4.69, 9.17) is 23.2 Å². The zero-order chi connectivity index (χ0) is 18.2. The molecule has 2 N–H and O–H groups in total. The van der Waals surface area contributed by atoms with Gasteiger partial charge in [-0.05, 0) is 36.1 Å². The maximum Gasteiger partial charge on any atom is 0.339 e. The topological polar surface area (TPSA) is 57.5 Å². The molecule has 0 bridgehead atoms. The van der Waals surface area contributed by atoms with Crippen molar-refractivity contribution in [3.8, 4) is 5.75 Å². The molecule has 0 heterocycles. The Morgan fingerprint density at radius 3 is 2.17 bits per heavy atom. The van der Waals surface area contributed by atoms with E-state index in [1.54, 1.807) is 31.2 Å². The third-order valence-electron chi connectivity index (χ3n) is 3.66. The monoisotopic (exact) mass is 384 g/mol. The summed E-state index contributed by atoms with van der Waals surface area (Å²) in [5, 5.41) is 20.9. The number of halogens is 2. The molecule has 128 valence electrons. The molecule has 0 unspecified atom stereocenters. The average Bonchev–Trinajstić information content (AvgIpc) is 2.43. The van der Waals surface area contributed by atoms with Crippen molar-refractivity contribution in [2.45, 2.75) is 42.9 Å². The average molecular weight is 385 g/mol. The second-order valence-electron chi connectivity index (χ2n) is 6.48. The SMILES string of the molecule is Cc1c(Sc2c(Cl)cccc2Cl)cc(C(C)(C)C)c(O)c1C(=O)O. The molecule has 0 aliphatic rings. The second-order valence-corrected chi connectivity index (χ2v) is 8.35. The van der Waals surface area contributed by atoms with Crippen LogP contribution in [-0.2, 0) is 5.41 Å². The van der Waals surface area contributed by atoms with Gasteiger partial charge in [-0.1, -0.05) is 61.8 Å². The van der Waals surface area contributed by atoms with Crippen LogP contribution in [0.15, 0.2) is 34.1 Å². The van der Waals surface area contributed by atoms with Crippen LogP contribution in [0.3, 0.4) is 0 Å². The van der Waals surface area contributed by atoms with Crippen molar-refractivity contribution < 1.29 is 15.0 Å². The predicted molar refractivity (Wildman–Crippen MR) is 99.1 cm³/mol. The van der Waals surface area contributed by atoms with Gasteiger partial charge >= 0.3 is 5.97 Å². The van der Waals surface area contributed by atoms with Crippen molar-refractivity contribution in [1.29, 1.82) is 0 Å². The molecule has 0 saturated heterocycles. The van der Waals surface area contributed by atoms with Gasteiger partial charge in [-0.2, -0.15) is 0 Å². The Morgan fingerprint density at radius 2 is 1.71 bits per heavy atom. The zero-order valence-corrected chi connectivity index (χ0v) is 16.1. The minimum absolute atomic E-state index is 0.0897. The van der Waals surface area contributed by atoms with Crippen LogP contribution in [0.5, 0.6) is 5.75 Å². The number of hydrogen-bond donors (Lipinski definition) is 2. The van der Waals surface area contributed by atoms with Gasteiger partial charge in [0.15, 0.2) is 0 Å². The Hall–Kier alpha value is -1.36. The highest BCUT2D eigenvalue weighted by atomic mass is 35.5. The fourth-order valence-electron chi connectivity index (χ4n) is 2.37. The lowest BCUT2D eigenvalue weighted by Gasteiger charge is -2.24. The minimum Gasteiger partial charge on any atom is -0.507 e. The highest BCUT2D eigenvalue weighted by molar-refractivity contribution is 7.99. The third-order valence-corrected chi connectivity index (χ3v) is 5.81. The summed E-state index contributed by atoms with van der Waals surface area (Å²) in [7, 11) is 0. The number of aromatic hydroxyl groups is 1. The molecule has 0 aliphatic carbocycles. The van der Waals surface area contributed by atoms with Gasteiger partial charge < -0.3 is 10.2 Å². The fraction of sp³-hybridized carbons (Fsp3) is 0.278. The van der Waals surface area contributed by atoms with Crippen molar-refractivity contribution in [2.24, 2.45) is 0 Å². The number of carbonyl (C=O) groups is 1. The van der Waals surface area contributed by atoms with E-state index in [1.807, 2.05) is 20.8 Å². The van der Waals surface area contributed by atoms with Crippen molar-refractivity contribution in [3.63, 3.8) is 0 Å². The summed E-state index contributed by atoms with van der Waals surface area (Å²) < 4.78 is 0. The van der Waals surface area contributed by atoms with Crippen LogP contribution >= 0.6 is 35.0 Å². The molecule has 0 aromatic heterocycles. The molecule has 3 nitrogen and oxygen atoms in total. The van der Waals surface area contributed by atoms with Crippen LogP contribution in [0.4, 0.5) is 0 Å². The quantitative estimate of drug-likeness (QED) is 0.665. The van der Waals surface area contributed by atoms with E-state index in [1.165, 1.54) is 11.8 Å². The molecule has 2 aromatic rings. The molecular weight excluding hydrogens is 367 g/mol. The van der Waals surface area contributed by atoms with Gasteiger partial charge in [0.1, 0.15) is 11.3 Å². The molecule has 2 aromatic carbocycles. The summed E-state index contributed by atoms with van der Waals surface area (Å²) in [5.74, 6) is -1.36. The van der Waals surface area contributed by atoms with Gasteiger partial charge in [-0.3, -0.25) is 0 Å². The summed E-state index contributed by atoms with van der Waals surface area (Å²) in [6.07, 6.45) is 0. The van der Waals surface area contributed by atoms with Gasteiger partial charge in [-0.25, -0.2) is 4.79 Å². The molecule has 0 amide bonds. The number of carboxylic acids is 1. The number of aromatic carboxylic acids is 1. The van der Waals surface area contributed by atoms with Crippen molar-refractivity contribution >= 4 is 40.9 Å². The predicted octanol–water partition coefficient (Wildman–Crippen LogP) is 6.15. The number of phenols is 1. The molecule has 0 fully saturated rings. The van der Waals surface area contributed by atoms with Crippen LogP contribution in [0.25, 0.3) is 0 Å². The number of carboxylic acid groups (broad SMARTS) is 1. The molecule has 6 heteroatoms. The van der Waals surface area contributed by atoms with Gasteiger partial charge in [0.05, 0.1) is 10.0 Å². The Kier molecular flexibility index (Phi) is 5.43. The first-order valence-electron chi connectivity index (χ1n) is 7.26. The van der Waals surface area contributed by atoms with Gasteiger partial charge in [0, 0.05) is 15.4 Å². The van der Waals surface area contributed by atoms with E-state index in [0.717, 1.165) is 0 Å². The number of hydrogen-bond acceptors (Lipinski definition) is 3. The van der Waals surface area contributed by atoms with E-state index < -0.39 is 11.4 Å². The number of rotatable bonds is 3. The first-order valence-corrected chi connectivity index (χ1v) is 8.83. The largest absolute Gasteiger partial charge is 0.507 e. The van der Waals surface area contributed by atoms with E-state index in [2.05, 4.69) is 0 Å². The lowest BCUT2D eigenvalue weighted by atomic mass is 9.84. The Bertz CT molecular complexity index is 791. The first kappa shape index (κ1) is 19.0. The Labute approximate surface area is 155 Å². The molecule has 0 radical (unpaired) electrons. The van der Waals surface area contributed by atoms with Crippen molar-refractivity contribution in [1.82, 2.24) is 0 Å². The Balaban J connectivity index is 2.70. The first-order chi connectivity index (χ1) is 11.0. The smallest absolute Gasteiger partial charge is 0.339 e. The van der Waals surface area contributed by atoms with Gasteiger partial charge in [0.25, 0.3) is 0 Å². The normalized spacial score (nSPS) is 11.6. The lowest BCUT2D eigenvalue weighted by molar-refractivity contribution is 0.0692. The minimum atomic E-state index is -1.16. The third kappa shape index (κ3) is 3.66. The second kappa shape index (κ2) is 6.87. The molecule has 24 heavy (non-hydrogen) atoms. The molecule has 0 saturated carbocycles. The van der Waals surface area contributed by atoms with Crippen molar-refractivity contribution in [2.75, 3.05) is 0 Å². The van der Waals surface area contributed by atoms with E-state index in [-0.39, 0.29) is 11.3 Å². The molecular formula is C18H18Cl2O3S.